The van der Waals surface area contributed by atoms with Crippen LogP contribution in [0.5, 0.6) is 0 Å². The third kappa shape index (κ3) is 3.69. The number of Topliss-reactive ketones (excluding diaryl/α,β-unsaturated/α-hetero) is 1. The summed E-state index contributed by atoms with van der Waals surface area (Å²) >= 11 is 0. The van der Waals surface area contributed by atoms with Gasteiger partial charge in [-0.2, -0.15) is 10.1 Å². The van der Waals surface area contributed by atoms with Crippen LogP contribution in [0, 0.1) is 0 Å². The second kappa shape index (κ2) is 7.38. The van der Waals surface area contributed by atoms with Gasteiger partial charge in [0.05, 0.1) is 6.20 Å². The zero-order valence-electron chi connectivity index (χ0n) is 14.2. The van der Waals surface area contributed by atoms with Crippen molar-refractivity contribution < 1.29 is 4.79 Å². The number of aromatic nitrogens is 3. The first-order chi connectivity index (χ1) is 11.7. The Hall–Kier alpha value is -2.50. The Morgan fingerprint density at radius 3 is 2.79 bits per heavy atom. The lowest BCUT2D eigenvalue weighted by molar-refractivity contribution is 0.101. The fourth-order valence-electron chi connectivity index (χ4n) is 3.10. The molecule has 126 valence electrons. The molecule has 0 aliphatic carbocycles. The minimum atomic E-state index is 0.0586. The number of piperidine rings is 1. The number of benzene rings is 1. The second-order valence-electron chi connectivity index (χ2n) is 6.15. The van der Waals surface area contributed by atoms with Crippen LogP contribution in [0.3, 0.4) is 0 Å². The van der Waals surface area contributed by atoms with Gasteiger partial charge in [-0.15, -0.1) is 5.10 Å². The third-order valence-corrected chi connectivity index (χ3v) is 4.47. The first kappa shape index (κ1) is 16.4. The molecule has 1 unspecified atom stereocenters. The molecule has 0 saturated carbocycles. The molecule has 3 rings (SSSR count). The van der Waals surface area contributed by atoms with Crippen LogP contribution in [0.15, 0.2) is 30.5 Å². The number of carbonyl (C=O) groups excluding carboxylic acids is 1. The summed E-state index contributed by atoms with van der Waals surface area (Å²) in [5.41, 5.74) is 1.57. The Morgan fingerprint density at radius 1 is 1.29 bits per heavy atom. The maximum atomic E-state index is 11.3. The van der Waals surface area contributed by atoms with Crippen molar-refractivity contribution in [2.45, 2.75) is 45.6 Å². The van der Waals surface area contributed by atoms with Crippen LogP contribution in [0.2, 0.25) is 0 Å². The molecule has 2 aromatic rings. The van der Waals surface area contributed by atoms with Crippen LogP contribution in [0.25, 0.3) is 0 Å². The van der Waals surface area contributed by atoms with Crippen molar-refractivity contribution in [2.24, 2.45) is 0 Å². The molecule has 6 heteroatoms. The summed E-state index contributed by atoms with van der Waals surface area (Å²) in [6.45, 7) is 4.75. The first-order valence-corrected chi connectivity index (χ1v) is 8.51. The van der Waals surface area contributed by atoms with E-state index >= 15 is 0 Å². The van der Waals surface area contributed by atoms with E-state index < -0.39 is 0 Å². The van der Waals surface area contributed by atoms with Gasteiger partial charge in [0.15, 0.2) is 11.6 Å². The fourth-order valence-corrected chi connectivity index (χ4v) is 3.10. The van der Waals surface area contributed by atoms with E-state index in [1.807, 2.05) is 12.1 Å². The van der Waals surface area contributed by atoms with E-state index in [-0.39, 0.29) is 5.78 Å². The van der Waals surface area contributed by atoms with E-state index in [9.17, 15) is 4.79 Å². The largest absolute Gasteiger partial charge is 0.339 e. The molecule has 1 aromatic heterocycles. The third-order valence-electron chi connectivity index (χ3n) is 4.47. The van der Waals surface area contributed by atoms with E-state index in [4.69, 9.17) is 0 Å². The number of ketones is 1. The highest BCUT2D eigenvalue weighted by molar-refractivity contribution is 5.94. The van der Waals surface area contributed by atoms with Crippen molar-refractivity contribution >= 4 is 23.2 Å². The van der Waals surface area contributed by atoms with Gasteiger partial charge in [-0.3, -0.25) is 4.79 Å². The molecule has 0 bridgehead atoms. The normalized spacial score (nSPS) is 17.6. The number of carbonyl (C=O) groups is 1. The molecule has 0 amide bonds. The molecule has 1 aliphatic rings. The highest BCUT2D eigenvalue weighted by atomic mass is 16.1. The monoisotopic (exact) mass is 325 g/mol. The maximum Gasteiger partial charge on any atom is 0.247 e. The van der Waals surface area contributed by atoms with Gasteiger partial charge in [0.2, 0.25) is 5.95 Å². The molecular formula is C18H23N5O. The highest BCUT2D eigenvalue weighted by Crippen LogP contribution is 2.24. The van der Waals surface area contributed by atoms with E-state index in [1.54, 1.807) is 25.3 Å². The topological polar surface area (TPSA) is 71.0 Å². The van der Waals surface area contributed by atoms with Crippen LogP contribution in [-0.2, 0) is 0 Å². The van der Waals surface area contributed by atoms with Crippen molar-refractivity contribution in [1.82, 2.24) is 15.2 Å². The average Bonchev–Trinajstić information content (AvgIpc) is 2.62. The van der Waals surface area contributed by atoms with Crippen LogP contribution in [-0.4, -0.2) is 33.6 Å². The van der Waals surface area contributed by atoms with Crippen LogP contribution in [0.1, 0.15) is 49.9 Å². The summed E-state index contributed by atoms with van der Waals surface area (Å²) < 4.78 is 0. The number of hydrogen-bond acceptors (Lipinski definition) is 6. The van der Waals surface area contributed by atoms with Gasteiger partial charge >= 0.3 is 0 Å². The molecule has 2 heterocycles. The quantitative estimate of drug-likeness (QED) is 0.847. The molecule has 1 aromatic carbocycles. The van der Waals surface area contributed by atoms with Crippen molar-refractivity contribution in [3.63, 3.8) is 0 Å². The Labute approximate surface area is 142 Å². The second-order valence-corrected chi connectivity index (χ2v) is 6.15. The predicted octanol–water partition coefficient (Wildman–Crippen LogP) is 3.59. The zero-order valence-corrected chi connectivity index (χ0v) is 14.2. The molecule has 1 N–H and O–H groups in total. The Bertz CT molecular complexity index is 701. The van der Waals surface area contributed by atoms with Crippen LogP contribution < -0.4 is 10.2 Å². The van der Waals surface area contributed by atoms with Gasteiger partial charge in [-0.25, -0.2) is 0 Å². The molecule has 6 nitrogen and oxygen atoms in total. The van der Waals surface area contributed by atoms with Gasteiger partial charge < -0.3 is 10.2 Å². The molecule has 1 atom stereocenters. The van der Waals surface area contributed by atoms with Crippen LogP contribution in [0.4, 0.5) is 17.5 Å². The molecule has 1 saturated heterocycles. The summed E-state index contributed by atoms with van der Waals surface area (Å²) in [4.78, 5) is 18.2. The summed E-state index contributed by atoms with van der Waals surface area (Å²) in [5, 5.41) is 11.6. The number of rotatable bonds is 5. The van der Waals surface area contributed by atoms with E-state index in [1.165, 1.54) is 19.3 Å². The van der Waals surface area contributed by atoms with Crippen molar-refractivity contribution in [2.75, 3.05) is 16.8 Å². The summed E-state index contributed by atoms with van der Waals surface area (Å²) in [6, 6.07) is 7.84. The minimum absolute atomic E-state index is 0.0586. The summed E-state index contributed by atoms with van der Waals surface area (Å²) in [7, 11) is 0. The fraction of sp³-hybridized carbons (Fsp3) is 0.444. The molecule has 24 heavy (non-hydrogen) atoms. The lowest BCUT2D eigenvalue weighted by Crippen LogP contribution is -2.40. The number of hydrogen-bond donors (Lipinski definition) is 1. The number of anilines is 3. The highest BCUT2D eigenvalue weighted by Gasteiger charge is 2.23. The molecular weight excluding hydrogens is 302 g/mol. The van der Waals surface area contributed by atoms with Gasteiger partial charge in [-0.05, 0) is 56.9 Å². The molecule has 0 spiro atoms. The SMILES string of the molecule is CCC1CCCCN1c1nncc(Nc2ccc(C(C)=O)cc2)n1. The average molecular weight is 325 g/mol. The van der Waals surface area contributed by atoms with Crippen molar-refractivity contribution in [3.05, 3.63) is 36.0 Å². The molecule has 0 radical (unpaired) electrons. The Kier molecular flexibility index (Phi) is 5.03. The Balaban J connectivity index is 1.76. The maximum absolute atomic E-state index is 11.3. The van der Waals surface area contributed by atoms with E-state index in [0.29, 0.717) is 23.4 Å². The number of nitrogens with zero attached hydrogens (tertiary/aromatic N) is 4. The lowest BCUT2D eigenvalue weighted by atomic mass is 10.0. The van der Waals surface area contributed by atoms with Gasteiger partial charge in [0.1, 0.15) is 0 Å². The van der Waals surface area contributed by atoms with E-state index in [0.717, 1.165) is 18.7 Å². The van der Waals surface area contributed by atoms with Crippen molar-refractivity contribution in [3.8, 4) is 0 Å². The Morgan fingerprint density at radius 2 is 2.08 bits per heavy atom. The zero-order chi connectivity index (χ0) is 16.9. The number of nitrogens with one attached hydrogen (secondary N) is 1. The molecule has 1 aliphatic heterocycles. The summed E-state index contributed by atoms with van der Waals surface area (Å²) in [5.74, 6) is 1.41. The van der Waals surface area contributed by atoms with Crippen LogP contribution >= 0.6 is 0 Å². The molecule has 1 fully saturated rings. The first-order valence-electron chi connectivity index (χ1n) is 8.51. The van der Waals surface area contributed by atoms with Gasteiger partial charge in [-0.1, -0.05) is 6.92 Å². The standard InChI is InChI=1S/C18H23N5O/c1-3-16-6-4-5-11-23(16)18-21-17(12-19-22-18)20-15-9-7-14(8-10-15)13(2)24/h7-10,12,16H,3-6,11H2,1-2H3,(H,20,21,22). The summed E-state index contributed by atoms with van der Waals surface area (Å²) in [6.07, 6.45) is 6.33. The van der Waals surface area contributed by atoms with Gasteiger partial charge in [0, 0.05) is 23.8 Å². The van der Waals surface area contributed by atoms with Crippen molar-refractivity contribution in [1.29, 1.82) is 0 Å². The lowest BCUT2D eigenvalue weighted by Gasteiger charge is -2.34. The predicted molar refractivity (Wildman–Crippen MR) is 94.8 cm³/mol. The smallest absolute Gasteiger partial charge is 0.247 e. The van der Waals surface area contributed by atoms with E-state index in [2.05, 4.69) is 32.3 Å². The van der Waals surface area contributed by atoms with Gasteiger partial charge in [0.25, 0.3) is 0 Å². The minimum Gasteiger partial charge on any atom is -0.339 e.